The molecule has 0 saturated carbocycles. The number of thiazole rings is 1. The van der Waals surface area contributed by atoms with Crippen LogP contribution in [0.25, 0.3) is 0 Å². The fourth-order valence-electron chi connectivity index (χ4n) is 2.17. The maximum Gasteiger partial charge on any atom is 0.0794 e. The molecule has 14 heavy (non-hydrogen) atoms. The summed E-state index contributed by atoms with van der Waals surface area (Å²) in [5.74, 6) is 0. The molecule has 4 heteroatoms. The summed E-state index contributed by atoms with van der Waals surface area (Å²) in [6.45, 7) is 5.57. The molecule has 78 valence electrons. The quantitative estimate of drug-likeness (QED) is 0.808. The van der Waals surface area contributed by atoms with E-state index in [-0.39, 0.29) is 6.04 Å². The predicted octanol–water partition coefficient (Wildman–Crippen LogP) is 1.63. The van der Waals surface area contributed by atoms with Crippen molar-refractivity contribution in [3.05, 3.63) is 16.6 Å². The van der Waals surface area contributed by atoms with Gasteiger partial charge in [-0.05, 0) is 20.3 Å². The van der Waals surface area contributed by atoms with Crippen molar-refractivity contribution in [2.45, 2.75) is 38.4 Å². The zero-order valence-electron chi connectivity index (χ0n) is 8.68. The average Bonchev–Trinajstić information content (AvgIpc) is 2.71. The van der Waals surface area contributed by atoms with Crippen LogP contribution in [0, 0.1) is 0 Å². The van der Waals surface area contributed by atoms with E-state index in [0.717, 1.165) is 13.0 Å². The van der Waals surface area contributed by atoms with E-state index >= 15 is 0 Å². The van der Waals surface area contributed by atoms with E-state index in [2.05, 4.69) is 23.7 Å². The van der Waals surface area contributed by atoms with Gasteiger partial charge in [-0.2, -0.15) is 0 Å². The zero-order chi connectivity index (χ0) is 10.1. The summed E-state index contributed by atoms with van der Waals surface area (Å²) >= 11 is 1.71. The fourth-order valence-corrected chi connectivity index (χ4v) is 2.98. The molecule has 1 aliphatic heterocycles. The first-order chi connectivity index (χ1) is 6.70. The molecule has 0 aliphatic carbocycles. The third-order valence-corrected chi connectivity index (χ3v) is 3.74. The lowest BCUT2D eigenvalue weighted by Gasteiger charge is -2.28. The first-order valence-electron chi connectivity index (χ1n) is 5.10. The summed E-state index contributed by atoms with van der Waals surface area (Å²) in [6, 6.07) is 1.23. The number of hydrogen-bond acceptors (Lipinski definition) is 4. The van der Waals surface area contributed by atoms with Gasteiger partial charge in [0, 0.05) is 29.7 Å². The van der Waals surface area contributed by atoms with Crippen molar-refractivity contribution in [2.24, 2.45) is 5.73 Å². The SMILES string of the molecule is CC(C)N1CC[C@@H](N)[C@@H]1c1cncs1. The summed E-state index contributed by atoms with van der Waals surface area (Å²) in [5.41, 5.74) is 8.02. The second-order valence-electron chi connectivity index (χ2n) is 4.13. The van der Waals surface area contributed by atoms with Crippen molar-refractivity contribution >= 4 is 11.3 Å². The highest BCUT2D eigenvalue weighted by Gasteiger charge is 2.34. The van der Waals surface area contributed by atoms with Crippen molar-refractivity contribution in [3.63, 3.8) is 0 Å². The van der Waals surface area contributed by atoms with Gasteiger partial charge in [0.05, 0.1) is 11.6 Å². The molecule has 0 unspecified atom stereocenters. The van der Waals surface area contributed by atoms with Crippen LogP contribution < -0.4 is 5.73 Å². The molecule has 1 fully saturated rings. The minimum atomic E-state index is 0.276. The van der Waals surface area contributed by atoms with Crippen LogP contribution >= 0.6 is 11.3 Å². The summed E-state index contributed by atoms with van der Waals surface area (Å²) in [7, 11) is 0. The maximum absolute atomic E-state index is 6.14. The summed E-state index contributed by atoms with van der Waals surface area (Å²) < 4.78 is 0. The summed E-state index contributed by atoms with van der Waals surface area (Å²) in [5, 5.41) is 0. The van der Waals surface area contributed by atoms with Gasteiger partial charge >= 0.3 is 0 Å². The van der Waals surface area contributed by atoms with Crippen molar-refractivity contribution in [1.29, 1.82) is 0 Å². The van der Waals surface area contributed by atoms with E-state index in [1.165, 1.54) is 4.88 Å². The molecule has 2 N–H and O–H groups in total. The molecule has 1 aromatic heterocycles. The summed E-state index contributed by atoms with van der Waals surface area (Å²) in [6.07, 6.45) is 3.05. The van der Waals surface area contributed by atoms with E-state index in [0.29, 0.717) is 12.1 Å². The van der Waals surface area contributed by atoms with Gasteiger partial charge in [-0.3, -0.25) is 9.88 Å². The van der Waals surface area contributed by atoms with Gasteiger partial charge in [0.1, 0.15) is 0 Å². The minimum absolute atomic E-state index is 0.276. The molecular weight excluding hydrogens is 194 g/mol. The average molecular weight is 211 g/mol. The second-order valence-corrected chi connectivity index (χ2v) is 5.05. The van der Waals surface area contributed by atoms with Gasteiger partial charge in [0.2, 0.25) is 0 Å². The molecule has 1 saturated heterocycles. The molecule has 0 bridgehead atoms. The number of nitrogens with two attached hydrogens (primary N) is 1. The van der Waals surface area contributed by atoms with Crippen LogP contribution in [0.1, 0.15) is 31.2 Å². The van der Waals surface area contributed by atoms with Crippen molar-refractivity contribution in [1.82, 2.24) is 9.88 Å². The topological polar surface area (TPSA) is 42.1 Å². The van der Waals surface area contributed by atoms with Gasteiger partial charge in [0.15, 0.2) is 0 Å². The van der Waals surface area contributed by atoms with Crippen molar-refractivity contribution in [3.8, 4) is 0 Å². The van der Waals surface area contributed by atoms with Gasteiger partial charge in [-0.1, -0.05) is 0 Å². The van der Waals surface area contributed by atoms with Gasteiger partial charge in [0.25, 0.3) is 0 Å². The van der Waals surface area contributed by atoms with Crippen LogP contribution in [0.3, 0.4) is 0 Å². The zero-order valence-corrected chi connectivity index (χ0v) is 9.50. The first-order valence-corrected chi connectivity index (χ1v) is 5.98. The molecule has 0 radical (unpaired) electrons. The molecule has 1 aromatic rings. The van der Waals surface area contributed by atoms with Crippen LogP contribution in [-0.2, 0) is 0 Å². The van der Waals surface area contributed by atoms with Crippen LogP contribution in [-0.4, -0.2) is 28.5 Å². The first kappa shape index (κ1) is 10.1. The summed E-state index contributed by atoms with van der Waals surface area (Å²) in [4.78, 5) is 7.91. The fraction of sp³-hybridized carbons (Fsp3) is 0.700. The Morgan fingerprint density at radius 1 is 1.64 bits per heavy atom. The Balaban J connectivity index is 2.22. The monoisotopic (exact) mass is 211 g/mol. The maximum atomic E-state index is 6.14. The predicted molar refractivity (Wildman–Crippen MR) is 59.3 cm³/mol. The van der Waals surface area contributed by atoms with Gasteiger partial charge in [-0.25, -0.2) is 0 Å². The molecular formula is C10H17N3S. The van der Waals surface area contributed by atoms with Crippen LogP contribution in [0.15, 0.2) is 11.7 Å². The largest absolute Gasteiger partial charge is 0.326 e. The highest BCUT2D eigenvalue weighted by atomic mass is 32.1. The molecule has 3 nitrogen and oxygen atoms in total. The third-order valence-electron chi connectivity index (χ3n) is 2.89. The number of rotatable bonds is 2. The van der Waals surface area contributed by atoms with Gasteiger partial charge in [-0.15, -0.1) is 11.3 Å². The van der Waals surface area contributed by atoms with Crippen LogP contribution in [0.4, 0.5) is 0 Å². The molecule has 2 atom stereocenters. The van der Waals surface area contributed by atoms with Crippen LogP contribution in [0.2, 0.25) is 0 Å². The minimum Gasteiger partial charge on any atom is -0.326 e. The highest BCUT2D eigenvalue weighted by molar-refractivity contribution is 7.09. The Labute approximate surface area is 88.9 Å². The Morgan fingerprint density at radius 3 is 3.00 bits per heavy atom. The second kappa shape index (κ2) is 3.96. The normalized spacial score (nSPS) is 28.9. The van der Waals surface area contributed by atoms with Crippen molar-refractivity contribution in [2.75, 3.05) is 6.54 Å². The Bertz CT molecular complexity index is 284. The van der Waals surface area contributed by atoms with E-state index in [1.807, 2.05) is 11.7 Å². The number of aromatic nitrogens is 1. The standard InChI is InChI=1S/C10H17N3S/c1-7(2)13-4-3-8(11)10(13)9-5-12-6-14-9/h5-8,10H,3-4,11H2,1-2H3/t8-,10-/m1/s1. The molecule has 2 rings (SSSR count). The lowest BCUT2D eigenvalue weighted by atomic mass is 10.1. The third kappa shape index (κ3) is 1.69. The number of nitrogens with zero attached hydrogens (tertiary/aromatic N) is 2. The van der Waals surface area contributed by atoms with Crippen LogP contribution in [0.5, 0.6) is 0 Å². The number of likely N-dealkylation sites (tertiary alicyclic amines) is 1. The molecule has 0 spiro atoms. The Morgan fingerprint density at radius 2 is 2.43 bits per heavy atom. The molecule has 2 heterocycles. The van der Waals surface area contributed by atoms with E-state index in [4.69, 9.17) is 5.73 Å². The van der Waals surface area contributed by atoms with E-state index in [1.54, 1.807) is 11.3 Å². The van der Waals surface area contributed by atoms with E-state index < -0.39 is 0 Å². The Hall–Kier alpha value is -0.450. The smallest absolute Gasteiger partial charge is 0.0794 e. The lowest BCUT2D eigenvalue weighted by molar-refractivity contribution is 0.200. The molecule has 0 aromatic carbocycles. The highest BCUT2D eigenvalue weighted by Crippen LogP contribution is 2.34. The number of hydrogen-bond donors (Lipinski definition) is 1. The Kier molecular flexibility index (Phi) is 2.85. The molecule has 0 amide bonds. The van der Waals surface area contributed by atoms with Crippen molar-refractivity contribution < 1.29 is 0 Å². The molecule has 1 aliphatic rings. The van der Waals surface area contributed by atoms with Gasteiger partial charge < -0.3 is 5.73 Å². The van der Waals surface area contributed by atoms with E-state index in [9.17, 15) is 0 Å². The lowest BCUT2D eigenvalue weighted by Crippen LogP contribution is -2.35.